The summed E-state index contributed by atoms with van der Waals surface area (Å²) in [7, 11) is 0. The van der Waals surface area contributed by atoms with Crippen molar-refractivity contribution >= 4 is 0 Å². The lowest BCUT2D eigenvalue weighted by molar-refractivity contribution is 0.290. The number of aryl methyl sites for hydroxylation is 1. The number of hydrogen-bond acceptors (Lipinski definition) is 1. The number of rotatable bonds is 3. The summed E-state index contributed by atoms with van der Waals surface area (Å²) in [5, 5.41) is 0. The van der Waals surface area contributed by atoms with Crippen molar-refractivity contribution in [2.24, 2.45) is 0 Å². The number of hydrogen-bond donors (Lipinski definition) is 0. The van der Waals surface area contributed by atoms with Crippen molar-refractivity contribution in [1.29, 1.82) is 0 Å². The van der Waals surface area contributed by atoms with Crippen LogP contribution in [0.2, 0.25) is 0 Å². The molecular weight excluding hydrogens is 222 g/mol. The van der Waals surface area contributed by atoms with E-state index in [1.165, 1.54) is 18.2 Å². The van der Waals surface area contributed by atoms with Gasteiger partial charge in [-0.05, 0) is 42.3 Å². The Balaban J connectivity index is 2.04. The molecule has 17 heavy (non-hydrogen) atoms. The van der Waals surface area contributed by atoms with Crippen LogP contribution in [-0.2, 0) is 6.61 Å². The number of benzene rings is 2. The van der Waals surface area contributed by atoms with E-state index in [2.05, 4.69) is 0 Å². The molecule has 1 nitrogen and oxygen atoms in total. The highest BCUT2D eigenvalue weighted by Gasteiger charge is 2.03. The Morgan fingerprint density at radius 2 is 1.71 bits per heavy atom. The summed E-state index contributed by atoms with van der Waals surface area (Å²) in [5.74, 6) is -0.470. The zero-order valence-electron chi connectivity index (χ0n) is 9.41. The Morgan fingerprint density at radius 3 is 2.35 bits per heavy atom. The second kappa shape index (κ2) is 4.95. The van der Waals surface area contributed by atoms with Crippen LogP contribution in [0.25, 0.3) is 0 Å². The number of ether oxygens (including phenoxy) is 1. The summed E-state index contributed by atoms with van der Waals surface area (Å²) < 4.78 is 31.4. The minimum absolute atomic E-state index is 0.208. The fourth-order valence-electron chi connectivity index (χ4n) is 1.46. The Morgan fingerprint density at radius 1 is 1.00 bits per heavy atom. The van der Waals surface area contributed by atoms with E-state index in [0.29, 0.717) is 0 Å². The Kier molecular flexibility index (Phi) is 3.38. The standard InChI is InChI=1S/C14H12F2O/c1-10-2-7-14(13(16)8-10)17-9-11-3-5-12(15)6-4-11/h2-8H,9H2,1H3. The maximum atomic E-state index is 13.4. The molecule has 0 N–H and O–H groups in total. The summed E-state index contributed by atoms with van der Waals surface area (Å²) in [6, 6.07) is 10.7. The Hall–Kier alpha value is -1.90. The van der Waals surface area contributed by atoms with E-state index in [0.717, 1.165) is 11.1 Å². The predicted molar refractivity (Wildman–Crippen MR) is 61.9 cm³/mol. The highest BCUT2D eigenvalue weighted by Crippen LogP contribution is 2.19. The van der Waals surface area contributed by atoms with Crippen molar-refractivity contribution in [2.45, 2.75) is 13.5 Å². The average molecular weight is 234 g/mol. The minimum atomic E-state index is -0.382. The fraction of sp³-hybridized carbons (Fsp3) is 0.143. The third-order valence-electron chi connectivity index (χ3n) is 2.39. The molecule has 0 aliphatic rings. The third kappa shape index (κ3) is 3.03. The van der Waals surface area contributed by atoms with Gasteiger partial charge in [-0.1, -0.05) is 18.2 Å². The highest BCUT2D eigenvalue weighted by molar-refractivity contribution is 5.29. The summed E-state index contributed by atoms with van der Waals surface area (Å²) in [5.41, 5.74) is 1.64. The molecule has 0 radical (unpaired) electrons. The zero-order chi connectivity index (χ0) is 12.3. The molecule has 2 aromatic rings. The predicted octanol–water partition coefficient (Wildman–Crippen LogP) is 3.85. The lowest BCUT2D eigenvalue weighted by Crippen LogP contribution is -1.97. The van der Waals surface area contributed by atoms with Crippen molar-refractivity contribution < 1.29 is 13.5 Å². The first-order valence-corrected chi connectivity index (χ1v) is 5.28. The quantitative estimate of drug-likeness (QED) is 0.783. The molecule has 0 bridgehead atoms. The number of halogens is 2. The summed E-state index contributed by atoms with van der Waals surface area (Å²) >= 11 is 0. The SMILES string of the molecule is Cc1ccc(OCc2ccc(F)cc2)c(F)c1. The van der Waals surface area contributed by atoms with Gasteiger partial charge >= 0.3 is 0 Å². The van der Waals surface area contributed by atoms with Gasteiger partial charge in [-0.25, -0.2) is 8.78 Å². The Bertz CT molecular complexity index is 506. The summed E-state index contributed by atoms with van der Waals surface area (Å²) in [6.07, 6.45) is 0. The zero-order valence-corrected chi connectivity index (χ0v) is 9.41. The van der Waals surface area contributed by atoms with Crippen LogP contribution in [0.5, 0.6) is 5.75 Å². The van der Waals surface area contributed by atoms with Gasteiger partial charge in [0, 0.05) is 0 Å². The van der Waals surface area contributed by atoms with Gasteiger partial charge in [0.2, 0.25) is 0 Å². The van der Waals surface area contributed by atoms with E-state index < -0.39 is 0 Å². The molecule has 0 atom stereocenters. The lowest BCUT2D eigenvalue weighted by atomic mass is 10.2. The van der Waals surface area contributed by atoms with Gasteiger partial charge in [0.05, 0.1) is 0 Å². The van der Waals surface area contributed by atoms with E-state index in [9.17, 15) is 8.78 Å². The minimum Gasteiger partial charge on any atom is -0.486 e. The van der Waals surface area contributed by atoms with E-state index in [4.69, 9.17) is 4.74 Å². The molecule has 0 aliphatic heterocycles. The van der Waals surface area contributed by atoms with Crippen molar-refractivity contribution in [3.63, 3.8) is 0 Å². The molecule has 0 aliphatic carbocycles. The van der Waals surface area contributed by atoms with Gasteiger partial charge in [-0.2, -0.15) is 0 Å². The molecule has 0 fully saturated rings. The van der Waals surface area contributed by atoms with Gasteiger partial charge in [0.25, 0.3) is 0 Å². The van der Waals surface area contributed by atoms with Gasteiger partial charge in [0.1, 0.15) is 12.4 Å². The normalized spacial score (nSPS) is 10.3. The van der Waals surface area contributed by atoms with Crippen LogP contribution in [0.1, 0.15) is 11.1 Å². The second-order valence-corrected chi connectivity index (χ2v) is 3.85. The van der Waals surface area contributed by atoms with Crippen LogP contribution in [0.15, 0.2) is 42.5 Å². The molecule has 0 unspecified atom stereocenters. The van der Waals surface area contributed by atoms with Crippen LogP contribution in [-0.4, -0.2) is 0 Å². The van der Waals surface area contributed by atoms with E-state index in [1.807, 2.05) is 6.92 Å². The van der Waals surface area contributed by atoms with Gasteiger partial charge in [-0.3, -0.25) is 0 Å². The highest BCUT2D eigenvalue weighted by atomic mass is 19.1. The van der Waals surface area contributed by atoms with Crippen molar-refractivity contribution in [3.8, 4) is 5.75 Å². The lowest BCUT2D eigenvalue weighted by Gasteiger charge is -2.07. The fourth-order valence-corrected chi connectivity index (χ4v) is 1.46. The van der Waals surface area contributed by atoms with Crippen LogP contribution in [0, 0.1) is 18.6 Å². The van der Waals surface area contributed by atoms with Crippen molar-refractivity contribution in [3.05, 3.63) is 65.2 Å². The molecule has 88 valence electrons. The molecular formula is C14H12F2O. The molecule has 0 amide bonds. The van der Waals surface area contributed by atoms with E-state index >= 15 is 0 Å². The van der Waals surface area contributed by atoms with Crippen LogP contribution >= 0.6 is 0 Å². The monoisotopic (exact) mass is 234 g/mol. The first-order chi connectivity index (χ1) is 8.15. The van der Waals surface area contributed by atoms with Gasteiger partial charge in [0.15, 0.2) is 11.6 Å². The molecule has 0 saturated carbocycles. The first-order valence-electron chi connectivity index (χ1n) is 5.28. The van der Waals surface area contributed by atoms with Crippen molar-refractivity contribution in [1.82, 2.24) is 0 Å². The topological polar surface area (TPSA) is 9.23 Å². The third-order valence-corrected chi connectivity index (χ3v) is 2.39. The molecule has 3 heteroatoms. The van der Waals surface area contributed by atoms with Crippen LogP contribution in [0.4, 0.5) is 8.78 Å². The Labute approximate surface area is 98.7 Å². The van der Waals surface area contributed by atoms with Gasteiger partial charge < -0.3 is 4.74 Å². The molecule has 0 heterocycles. The first kappa shape index (κ1) is 11.6. The smallest absolute Gasteiger partial charge is 0.165 e. The van der Waals surface area contributed by atoms with Gasteiger partial charge in [-0.15, -0.1) is 0 Å². The molecule has 0 saturated heterocycles. The molecule has 0 aromatic heterocycles. The summed E-state index contributed by atoms with van der Waals surface area (Å²) in [6.45, 7) is 2.03. The maximum Gasteiger partial charge on any atom is 0.165 e. The largest absolute Gasteiger partial charge is 0.486 e. The van der Waals surface area contributed by atoms with E-state index in [1.54, 1.807) is 24.3 Å². The van der Waals surface area contributed by atoms with Crippen LogP contribution < -0.4 is 4.74 Å². The van der Waals surface area contributed by atoms with Crippen molar-refractivity contribution in [2.75, 3.05) is 0 Å². The molecule has 2 rings (SSSR count). The molecule has 2 aromatic carbocycles. The van der Waals surface area contributed by atoms with Crippen LogP contribution in [0.3, 0.4) is 0 Å². The average Bonchev–Trinajstić information content (AvgIpc) is 2.30. The van der Waals surface area contributed by atoms with E-state index in [-0.39, 0.29) is 24.0 Å². The summed E-state index contributed by atoms with van der Waals surface area (Å²) in [4.78, 5) is 0. The second-order valence-electron chi connectivity index (χ2n) is 3.85. The molecule has 0 spiro atoms. The maximum absolute atomic E-state index is 13.4.